The van der Waals surface area contributed by atoms with E-state index in [-0.39, 0.29) is 27.3 Å². The Balaban J connectivity index is 2.41. The number of carbonyl (C=O) groups is 2. The predicted octanol–water partition coefficient (Wildman–Crippen LogP) is 3.64. The molecule has 0 spiro atoms. The zero-order chi connectivity index (χ0) is 16.2. The zero-order valence-electron chi connectivity index (χ0n) is 11.8. The molecule has 0 aliphatic heterocycles. The highest BCUT2D eigenvalue weighted by Gasteiger charge is 2.37. The molecule has 0 bridgehead atoms. The Morgan fingerprint density at radius 2 is 1.45 bits per heavy atom. The third-order valence-corrected chi connectivity index (χ3v) is 4.22. The van der Waals surface area contributed by atoms with Gasteiger partial charge in [0.15, 0.2) is 5.78 Å². The van der Waals surface area contributed by atoms with E-state index in [0.29, 0.717) is 0 Å². The standard InChI is InChI=1S/C16H10ClNO4/c1-7-5-9-10(6-8(7)2)16(20)14-12(18(21)22)4-3-11(17)13(14)15(9)19/h3-6H,1-2H3. The molecule has 2 aromatic carbocycles. The monoisotopic (exact) mass is 315 g/mol. The average molecular weight is 316 g/mol. The molecule has 0 heterocycles. The van der Waals surface area contributed by atoms with Gasteiger partial charge in [0.25, 0.3) is 5.69 Å². The van der Waals surface area contributed by atoms with Crippen LogP contribution < -0.4 is 0 Å². The second-order valence-electron chi connectivity index (χ2n) is 5.21. The van der Waals surface area contributed by atoms with E-state index in [2.05, 4.69) is 0 Å². The first-order valence-electron chi connectivity index (χ1n) is 6.50. The number of nitro benzene ring substituents is 1. The van der Waals surface area contributed by atoms with Gasteiger partial charge < -0.3 is 0 Å². The molecule has 5 nitrogen and oxygen atoms in total. The molecule has 1 aliphatic rings. The van der Waals surface area contributed by atoms with Crippen LogP contribution in [0.2, 0.25) is 5.02 Å². The number of hydrogen-bond donors (Lipinski definition) is 0. The first kappa shape index (κ1) is 14.4. The van der Waals surface area contributed by atoms with E-state index in [9.17, 15) is 19.7 Å². The van der Waals surface area contributed by atoms with Gasteiger partial charge in [-0.15, -0.1) is 0 Å². The fraction of sp³-hybridized carbons (Fsp3) is 0.125. The SMILES string of the molecule is Cc1cc2c(cc1C)C(=O)c1c([N+](=O)[O-])ccc(Cl)c1C2=O. The van der Waals surface area contributed by atoms with E-state index in [4.69, 9.17) is 11.6 Å². The minimum Gasteiger partial charge on any atom is -0.288 e. The van der Waals surface area contributed by atoms with Crippen LogP contribution in [0.15, 0.2) is 24.3 Å². The lowest BCUT2D eigenvalue weighted by Crippen LogP contribution is -2.23. The molecule has 1 aliphatic carbocycles. The molecule has 110 valence electrons. The Bertz CT molecular complexity index is 886. The summed E-state index contributed by atoms with van der Waals surface area (Å²) < 4.78 is 0. The Morgan fingerprint density at radius 1 is 0.955 bits per heavy atom. The van der Waals surface area contributed by atoms with Gasteiger partial charge in [0.05, 0.1) is 15.5 Å². The van der Waals surface area contributed by atoms with Crippen LogP contribution in [0.5, 0.6) is 0 Å². The fourth-order valence-corrected chi connectivity index (χ4v) is 2.87. The molecule has 0 fully saturated rings. The van der Waals surface area contributed by atoms with E-state index in [1.165, 1.54) is 6.07 Å². The van der Waals surface area contributed by atoms with Gasteiger partial charge >= 0.3 is 0 Å². The molecule has 0 aromatic heterocycles. The number of nitro groups is 1. The average Bonchev–Trinajstić information content (AvgIpc) is 2.46. The molecule has 6 heteroatoms. The highest BCUT2D eigenvalue weighted by atomic mass is 35.5. The van der Waals surface area contributed by atoms with Crippen LogP contribution in [0, 0.1) is 24.0 Å². The molecule has 2 aromatic rings. The number of aryl methyl sites for hydroxylation is 2. The second-order valence-corrected chi connectivity index (χ2v) is 5.62. The summed E-state index contributed by atoms with van der Waals surface area (Å²) in [6, 6.07) is 5.65. The summed E-state index contributed by atoms with van der Waals surface area (Å²) in [5.74, 6) is -0.997. The lowest BCUT2D eigenvalue weighted by atomic mass is 9.81. The van der Waals surface area contributed by atoms with Crippen LogP contribution in [-0.4, -0.2) is 16.5 Å². The molecule has 3 rings (SSSR count). The summed E-state index contributed by atoms with van der Waals surface area (Å²) in [6.07, 6.45) is 0. The number of carbonyl (C=O) groups excluding carboxylic acids is 2. The summed E-state index contributed by atoms with van der Waals surface area (Å²) >= 11 is 6.02. The van der Waals surface area contributed by atoms with Crippen molar-refractivity contribution in [3.8, 4) is 0 Å². The van der Waals surface area contributed by atoms with E-state index in [1.54, 1.807) is 12.1 Å². The number of halogens is 1. The van der Waals surface area contributed by atoms with Gasteiger partial charge in [0, 0.05) is 17.2 Å². The minimum absolute atomic E-state index is 0.0443. The maximum absolute atomic E-state index is 12.7. The minimum atomic E-state index is -0.674. The number of nitrogens with zero attached hydrogens (tertiary/aromatic N) is 1. The Kier molecular flexibility index (Phi) is 3.11. The van der Waals surface area contributed by atoms with Gasteiger partial charge in [-0.25, -0.2) is 0 Å². The van der Waals surface area contributed by atoms with E-state index >= 15 is 0 Å². The van der Waals surface area contributed by atoms with Crippen LogP contribution in [0.25, 0.3) is 0 Å². The van der Waals surface area contributed by atoms with E-state index in [0.717, 1.165) is 17.2 Å². The van der Waals surface area contributed by atoms with Crippen molar-refractivity contribution in [3.63, 3.8) is 0 Å². The van der Waals surface area contributed by atoms with Crippen molar-refractivity contribution in [2.45, 2.75) is 13.8 Å². The van der Waals surface area contributed by atoms with Crippen LogP contribution in [0.3, 0.4) is 0 Å². The highest BCUT2D eigenvalue weighted by molar-refractivity contribution is 6.39. The molecule has 0 unspecified atom stereocenters. The van der Waals surface area contributed by atoms with Gasteiger partial charge in [0.2, 0.25) is 5.78 Å². The van der Waals surface area contributed by atoms with Crippen molar-refractivity contribution in [2.24, 2.45) is 0 Å². The summed E-state index contributed by atoms with van der Waals surface area (Å²) in [7, 11) is 0. The summed E-state index contributed by atoms with van der Waals surface area (Å²) in [5, 5.41) is 11.2. The normalized spacial score (nSPS) is 12.9. The lowest BCUT2D eigenvalue weighted by molar-refractivity contribution is -0.385. The van der Waals surface area contributed by atoms with E-state index < -0.39 is 22.2 Å². The molecule has 0 radical (unpaired) electrons. The molecule has 22 heavy (non-hydrogen) atoms. The van der Waals surface area contributed by atoms with Crippen molar-refractivity contribution in [3.05, 3.63) is 72.8 Å². The number of benzene rings is 2. The van der Waals surface area contributed by atoms with Gasteiger partial charge in [-0.2, -0.15) is 0 Å². The Hall–Kier alpha value is -2.53. The molecule has 0 atom stereocenters. The summed E-state index contributed by atoms with van der Waals surface area (Å²) in [6.45, 7) is 3.65. The highest BCUT2D eigenvalue weighted by Crippen LogP contribution is 2.37. The number of hydrogen-bond acceptors (Lipinski definition) is 4. The molecule has 0 amide bonds. The third kappa shape index (κ3) is 1.86. The van der Waals surface area contributed by atoms with Crippen LogP contribution in [0.1, 0.15) is 43.0 Å². The summed E-state index contributed by atoms with van der Waals surface area (Å²) in [4.78, 5) is 35.8. The zero-order valence-corrected chi connectivity index (χ0v) is 12.5. The van der Waals surface area contributed by atoms with Crippen molar-refractivity contribution in [2.75, 3.05) is 0 Å². The smallest absolute Gasteiger partial charge is 0.281 e. The van der Waals surface area contributed by atoms with Crippen molar-refractivity contribution < 1.29 is 14.5 Å². The molecule has 0 saturated heterocycles. The molecular formula is C16H10ClNO4. The molecule has 0 saturated carbocycles. The van der Waals surface area contributed by atoms with Crippen LogP contribution >= 0.6 is 11.6 Å². The van der Waals surface area contributed by atoms with Gasteiger partial charge in [-0.3, -0.25) is 19.7 Å². The predicted molar refractivity (Wildman–Crippen MR) is 80.9 cm³/mol. The Labute approximate surface area is 130 Å². The summed E-state index contributed by atoms with van der Waals surface area (Å²) in [5.41, 5.74) is 1.42. The van der Waals surface area contributed by atoms with Crippen LogP contribution in [-0.2, 0) is 0 Å². The first-order chi connectivity index (χ1) is 10.3. The molecule has 0 N–H and O–H groups in total. The van der Waals surface area contributed by atoms with Crippen molar-refractivity contribution >= 4 is 28.9 Å². The topological polar surface area (TPSA) is 77.3 Å². The van der Waals surface area contributed by atoms with Crippen molar-refractivity contribution in [1.29, 1.82) is 0 Å². The number of fused-ring (bicyclic) bond motifs is 2. The second kappa shape index (κ2) is 4.74. The number of rotatable bonds is 1. The largest absolute Gasteiger partial charge is 0.288 e. The first-order valence-corrected chi connectivity index (χ1v) is 6.88. The fourth-order valence-electron chi connectivity index (χ4n) is 2.63. The van der Waals surface area contributed by atoms with Crippen LogP contribution in [0.4, 0.5) is 5.69 Å². The van der Waals surface area contributed by atoms with Gasteiger partial charge in [-0.1, -0.05) is 11.6 Å². The quantitative estimate of drug-likeness (QED) is 0.507. The third-order valence-electron chi connectivity index (χ3n) is 3.91. The lowest BCUT2D eigenvalue weighted by Gasteiger charge is -2.19. The van der Waals surface area contributed by atoms with Crippen molar-refractivity contribution in [1.82, 2.24) is 0 Å². The Morgan fingerprint density at radius 3 is 1.95 bits per heavy atom. The van der Waals surface area contributed by atoms with Gasteiger partial charge in [0.1, 0.15) is 5.56 Å². The van der Waals surface area contributed by atoms with Gasteiger partial charge in [-0.05, 0) is 43.2 Å². The van der Waals surface area contributed by atoms with E-state index in [1.807, 2.05) is 13.8 Å². The maximum Gasteiger partial charge on any atom is 0.281 e. The number of ketones is 2. The maximum atomic E-state index is 12.7. The molecular weight excluding hydrogens is 306 g/mol.